The number of likely N-dealkylation sites (N-methyl/N-ethyl adjacent to an activating group) is 1. The highest BCUT2D eigenvalue weighted by Gasteiger charge is 2.35. The van der Waals surface area contributed by atoms with Crippen LogP contribution in [0.3, 0.4) is 0 Å². The van der Waals surface area contributed by atoms with Gasteiger partial charge in [-0.15, -0.1) is 0 Å². The fourth-order valence-corrected chi connectivity index (χ4v) is 3.16. The van der Waals surface area contributed by atoms with Gasteiger partial charge in [0.15, 0.2) is 0 Å². The molecular formula is C20H28N4O2. The minimum absolute atomic E-state index is 0.0992. The van der Waals surface area contributed by atoms with E-state index < -0.39 is 11.6 Å². The van der Waals surface area contributed by atoms with E-state index in [1.807, 2.05) is 31.2 Å². The van der Waals surface area contributed by atoms with Crippen LogP contribution in [0, 0.1) is 18.3 Å². The number of aryl methyl sites for hydroxylation is 1. The molecule has 1 fully saturated rings. The van der Waals surface area contributed by atoms with Crippen LogP contribution in [-0.2, 0) is 9.59 Å². The van der Waals surface area contributed by atoms with Crippen LogP contribution in [0.25, 0.3) is 0 Å². The van der Waals surface area contributed by atoms with Crippen LogP contribution in [0.2, 0.25) is 0 Å². The lowest BCUT2D eigenvalue weighted by molar-refractivity contribution is -0.128. The predicted molar refractivity (Wildman–Crippen MR) is 101 cm³/mol. The monoisotopic (exact) mass is 356 g/mol. The minimum Gasteiger partial charge on any atom is -0.336 e. The van der Waals surface area contributed by atoms with Crippen molar-refractivity contribution in [3.05, 3.63) is 29.8 Å². The van der Waals surface area contributed by atoms with Gasteiger partial charge >= 0.3 is 0 Å². The molecule has 2 amide bonds. The number of benzene rings is 1. The van der Waals surface area contributed by atoms with Gasteiger partial charge in [0, 0.05) is 5.69 Å². The zero-order chi connectivity index (χ0) is 19.2. The van der Waals surface area contributed by atoms with Crippen molar-refractivity contribution in [1.29, 1.82) is 5.26 Å². The third-order valence-electron chi connectivity index (χ3n) is 5.05. The van der Waals surface area contributed by atoms with Gasteiger partial charge in [-0.1, -0.05) is 37.0 Å². The third kappa shape index (κ3) is 5.30. The number of rotatable bonds is 6. The van der Waals surface area contributed by atoms with Gasteiger partial charge in [-0.2, -0.15) is 5.26 Å². The Labute approximate surface area is 155 Å². The number of nitrogens with one attached hydrogen (secondary N) is 2. The molecule has 2 N–H and O–H groups in total. The van der Waals surface area contributed by atoms with Crippen LogP contribution in [0.5, 0.6) is 0 Å². The average Bonchev–Trinajstić information content (AvgIpc) is 2.63. The predicted octanol–water partition coefficient (Wildman–Crippen LogP) is 2.60. The summed E-state index contributed by atoms with van der Waals surface area (Å²) in [7, 11) is 1.74. The first-order valence-corrected chi connectivity index (χ1v) is 9.15. The largest absolute Gasteiger partial charge is 0.336 e. The van der Waals surface area contributed by atoms with Crippen molar-refractivity contribution in [2.24, 2.45) is 0 Å². The van der Waals surface area contributed by atoms with Crippen molar-refractivity contribution >= 4 is 17.5 Å². The third-order valence-corrected chi connectivity index (χ3v) is 5.05. The Balaban J connectivity index is 1.88. The van der Waals surface area contributed by atoms with Gasteiger partial charge in [0.1, 0.15) is 5.54 Å². The first kappa shape index (κ1) is 19.9. The number of hydrogen-bond donors (Lipinski definition) is 2. The summed E-state index contributed by atoms with van der Waals surface area (Å²) in [5.74, 6) is -0.386. The van der Waals surface area contributed by atoms with E-state index in [1.54, 1.807) is 18.9 Å². The van der Waals surface area contributed by atoms with E-state index in [-0.39, 0.29) is 18.4 Å². The molecule has 140 valence electrons. The molecule has 0 heterocycles. The van der Waals surface area contributed by atoms with Gasteiger partial charge in [0.25, 0.3) is 0 Å². The zero-order valence-corrected chi connectivity index (χ0v) is 15.8. The molecule has 1 atom stereocenters. The standard InChI is InChI=1S/C20H28N4O2/c1-15-7-9-17(10-8-15)22-18(25)13-24(3)16(2)19(26)23-20(14-21)11-5-4-6-12-20/h7-10,16H,4-6,11-13H2,1-3H3,(H,22,25)(H,23,26)/t16-/m1/s1. The number of carbonyl (C=O) groups excluding carboxylic acids is 2. The molecule has 1 saturated carbocycles. The zero-order valence-electron chi connectivity index (χ0n) is 15.8. The maximum Gasteiger partial charge on any atom is 0.238 e. The fraction of sp³-hybridized carbons (Fsp3) is 0.550. The van der Waals surface area contributed by atoms with Crippen LogP contribution in [0.15, 0.2) is 24.3 Å². The first-order valence-electron chi connectivity index (χ1n) is 9.15. The highest BCUT2D eigenvalue weighted by atomic mass is 16.2. The van der Waals surface area contributed by atoms with E-state index in [9.17, 15) is 14.9 Å². The smallest absolute Gasteiger partial charge is 0.238 e. The average molecular weight is 356 g/mol. The highest BCUT2D eigenvalue weighted by molar-refractivity contribution is 5.92. The van der Waals surface area contributed by atoms with E-state index in [0.717, 1.165) is 30.5 Å². The Morgan fingerprint density at radius 1 is 1.23 bits per heavy atom. The van der Waals surface area contributed by atoms with Crippen LogP contribution >= 0.6 is 0 Å². The number of carbonyl (C=O) groups is 2. The number of amides is 2. The minimum atomic E-state index is -0.755. The summed E-state index contributed by atoms with van der Waals surface area (Å²) in [4.78, 5) is 26.5. The van der Waals surface area contributed by atoms with Crippen LogP contribution < -0.4 is 10.6 Å². The molecule has 1 aromatic rings. The molecular weight excluding hydrogens is 328 g/mol. The summed E-state index contributed by atoms with van der Waals surface area (Å²) in [6.45, 7) is 3.84. The molecule has 0 radical (unpaired) electrons. The molecule has 0 aliphatic heterocycles. The summed E-state index contributed by atoms with van der Waals surface area (Å²) in [6.07, 6.45) is 4.40. The van der Waals surface area contributed by atoms with Crippen molar-refractivity contribution in [1.82, 2.24) is 10.2 Å². The topological polar surface area (TPSA) is 85.2 Å². The lowest BCUT2D eigenvalue weighted by Crippen LogP contribution is -2.55. The van der Waals surface area contributed by atoms with Gasteiger partial charge < -0.3 is 10.6 Å². The molecule has 0 bridgehead atoms. The lowest BCUT2D eigenvalue weighted by atomic mass is 9.82. The normalized spacial score (nSPS) is 17.2. The Morgan fingerprint density at radius 3 is 2.42 bits per heavy atom. The Morgan fingerprint density at radius 2 is 1.85 bits per heavy atom. The molecule has 1 aliphatic rings. The van der Waals surface area contributed by atoms with E-state index in [1.165, 1.54) is 0 Å². The van der Waals surface area contributed by atoms with Crippen molar-refractivity contribution in [2.75, 3.05) is 18.9 Å². The second kappa shape index (κ2) is 8.81. The summed E-state index contributed by atoms with van der Waals surface area (Å²) in [5, 5.41) is 15.2. The summed E-state index contributed by atoms with van der Waals surface area (Å²) >= 11 is 0. The first-order chi connectivity index (χ1) is 12.3. The van der Waals surface area contributed by atoms with Gasteiger partial charge in [-0.3, -0.25) is 14.5 Å². The van der Waals surface area contributed by atoms with Crippen molar-refractivity contribution in [3.8, 4) is 6.07 Å². The van der Waals surface area contributed by atoms with Crippen LogP contribution in [0.4, 0.5) is 5.69 Å². The quantitative estimate of drug-likeness (QED) is 0.820. The van der Waals surface area contributed by atoms with E-state index in [2.05, 4.69) is 16.7 Å². The molecule has 0 spiro atoms. The number of nitriles is 1. The maximum atomic E-state index is 12.6. The molecule has 0 unspecified atom stereocenters. The summed E-state index contributed by atoms with van der Waals surface area (Å²) in [5.41, 5.74) is 1.10. The highest BCUT2D eigenvalue weighted by Crippen LogP contribution is 2.27. The number of hydrogen-bond acceptors (Lipinski definition) is 4. The molecule has 0 aromatic heterocycles. The molecule has 1 aromatic carbocycles. The summed E-state index contributed by atoms with van der Waals surface area (Å²) in [6, 6.07) is 9.36. The van der Waals surface area contributed by atoms with E-state index in [4.69, 9.17) is 0 Å². The van der Waals surface area contributed by atoms with Gasteiger partial charge in [0.05, 0.1) is 18.7 Å². The van der Waals surface area contributed by atoms with Gasteiger partial charge in [-0.05, 0) is 45.9 Å². The van der Waals surface area contributed by atoms with E-state index >= 15 is 0 Å². The maximum absolute atomic E-state index is 12.6. The summed E-state index contributed by atoms with van der Waals surface area (Å²) < 4.78 is 0. The van der Waals surface area contributed by atoms with Crippen molar-refractivity contribution in [2.45, 2.75) is 57.5 Å². The molecule has 6 nitrogen and oxygen atoms in total. The van der Waals surface area contributed by atoms with Crippen molar-refractivity contribution in [3.63, 3.8) is 0 Å². The Hall–Kier alpha value is -2.39. The second-order valence-corrected chi connectivity index (χ2v) is 7.25. The molecule has 6 heteroatoms. The van der Waals surface area contributed by atoms with Crippen LogP contribution in [0.1, 0.15) is 44.6 Å². The molecule has 2 rings (SSSR count). The Kier molecular flexibility index (Phi) is 6.76. The van der Waals surface area contributed by atoms with Crippen molar-refractivity contribution < 1.29 is 9.59 Å². The van der Waals surface area contributed by atoms with Gasteiger partial charge in [0.2, 0.25) is 11.8 Å². The van der Waals surface area contributed by atoms with E-state index in [0.29, 0.717) is 12.8 Å². The van der Waals surface area contributed by atoms with Crippen LogP contribution in [-0.4, -0.2) is 41.9 Å². The second-order valence-electron chi connectivity index (χ2n) is 7.25. The molecule has 0 saturated heterocycles. The lowest BCUT2D eigenvalue weighted by Gasteiger charge is -2.34. The SMILES string of the molecule is Cc1ccc(NC(=O)CN(C)[C@H](C)C(=O)NC2(C#N)CCCCC2)cc1. The molecule has 1 aliphatic carbocycles. The fourth-order valence-electron chi connectivity index (χ4n) is 3.16. The number of nitrogens with zero attached hydrogens (tertiary/aromatic N) is 2. The molecule has 26 heavy (non-hydrogen) atoms. The number of anilines is 1. The Bertz CT molecular complexity index is 672. The van der Waals surface area contributed by atoms with Gasteiger partial charge in [-0.25, -0.2) is 0 Å².